The Balaban J connectivity index is 0.00000160. The number of piperazine rings is 1. The monoisotopic (exact) mass is 470 g/mol. The molecule has 1 saturated heterocycles. The molecule has 2 heterocycles. The molecule has 2 N–H and O–H groups in total. The van der Waals surface area contributed by atoms with E-state index in [2.05, 4.69) is 10.6 Å². The first-order chi connectivity index (χ1) is 13.5. The Morgan fingerprint density at radius 1 is 1.13 bits per heavy atom. The van der Waals surface area contributed by atoms with Crippen molar-refractivity contribution >= 4 is 59.6 Å². The molecular weight excluding hydrogens is 447 g/mol. The summed E-state index contributed by atoms with van der Waals surface area (Å²) in [7, 11) is 1.95. The second kappa shape index (κ2) is 10.4. The fraction of sp³-hybridized carbons (Fsp3) is 0.333. The second-order valence-corrected chi connectivity index (χ2v) is 7.60. The first-order valence-corrected chi connectivity index (χ1v) is 9.83. The van der Waals surface area contributed by atoms with E-state index in [4.69, 9.17) is 11.6 Å². The number of carbonyl (C=O) groups is 2. The number of nitrogens with one attached hydrogen (secondary N) is 2. The van der Waals surface area contributed by atoms with Gasteiger partial charge in [-0.3, -0.25) is 9.59 Å². The van der Waals surface area contributed by atoms with E-state index >= 15 is 0 Å². The maximum Gasteiger partial charge on any atom is 0.254 e. The van der Waals surface area contributed by atoms with Gasteiger partial charge >= 0.3 is 0 Å². The van der Waals surface area contributed by atoms with Gasteiger partial charge in [0.2, 0.25) is 5.91 Å². The lowest BCUT2D eigenvalue weighted by molar-refractivity contribution is -0.115. The standard InChI is InChI=1S/C21H23ClN4O2.2ClH/c1-25-10-8-20(27)24-17-12-14(6-7-18(17)25)21(28)26-11-9-23-13-19(26)15-4-2-3-5-16(15)22;;/h2-7,12,19,23H,8-11,13H2,1H3,(H,24,27);2*1H. The summed E-state index contributed by atoms with van der Waals surface area (Å²) < 4.78 is 0. The van der Waals surface area contributed by atoms with Crippen LogP contribution in [0.15, 0.2) is 42.5 Å². The number of anilines is 2. The molecule has 2 aliphatic rings. The molecule has 2 aliphatic heterocycles. The molecule has 0 radical (unpaired) electrons. The lowest BCUT2D eigenvalue weighted by Crippen LogP contribution is -2.48. The van der Waals surface area contributed by atoms with Gasteiger partial charge in [0, 0.05) is 50.2 Å². The van der Waals surface area contributed by atoms with Gasteiger partial charge in [-0.1, -0.05) is 29.8 Å². The summed E-state index contributed by atoms with van der Waals surface area (Å²) >= 11 is 6.40. The van der Waals surface area contributed by atoms with Gasteiger partial charge < -0.3 is 20.4 Å². The van der Waals surface area contributed by atoms with Crippen molar-refractivity contribution in [3.63, 3.8) is 0 Å². The van der Waals surface area contributed by atoms with Crippen LogP contribution >= 0.6 is 36.4 Å². The van der Waals surface area contributed by atoms with E-state index in [0.29, 0.717) is 42.3 Å². The molecule has 162 valence electrons. The van der Waals surface area contributed by atoms with Crippen LogP contribution in [0.3, 0.4) is 0 Å². The largest absolute Gasteiger partial charge is 0.372 e. The lowest BCUT2D eigenvalue weighted by atomic mass is 10.0. The fourth-order valence-electron chi connectivity index (χ4n) is 3.84. The van der Waals surface area contributed by atoms with Crippen molar-refractivity contribution < 1.29 is 9.59 Å². The smallest absolute Gasteiger partial charge is 0.254 e. The highest BCUT2D eigenvalue weighted by molar-refractivity contribution is 6.31. The number of carbonyl (C=O) groups excluding carboxylic acids is 2. The lowest BCUT2D eigenvalue weighted by Gasteiger charge is -2.37. The number of rotatable bonds is 2. The van der Waals surface area contributed by atoms with Crippen molar-refractivity contribution in [3.8, 4) is 0 Å². The Morgan fingerprint density at radius 3 is 2.67 bits per heavy atom. The molecule has 0 aromatic heterocycles. The van der Waals surface area contributed by atoms with Crippen LogP contribution in [0.2, 0.25) is 5.02 Å². The zero-order chi connectivity index (χ0) is 19.7. The highest BCUT2D eigenvalue weighted by Crippen LogP contribution is 2.32. The Hall–Kier alpha value is -1.99. The van der Waals surface area contributed by atoms with Gasteiger partial charge in [0.25, 0.3) is 5.91 Å². The number of halogens is 3. The number of fused-ring (bicyclic) bond motifs is 1. The van der Waals surface area contributed by atoms with E-state index in [-0.39, 0.29) is 42.7 Å². The van der Waals surface area contributed by atoms with Crippen LogP contribution in [0.4, 0.5) is 11.4 Å². The summed E-state index contributed by atoms with van der Waals surface area (Å²) in [5, 5.41) is 6.93. The van der Waals surface area contributed by atoms with Crippen molar-refractivity contribution in [2.24, 2.45) is 0 Å². The molecule has 4 rings (SSSR count). The number of nitrogens with zero attached hydrogens (tertiary/aromatic N) is 2. The minimum Gasteiger partial charge on any atom is -0.372 e. The fourth-order valence-corrected chi connectivity index (χ4v) is 4.10. The number of amides is 2. The molecular formula is C21H25Cl3N4O2. The van der Waals surface area contributed by atoms with Crippen LogP contribution in [-0.4, -0.2) is 49.9 Å². The van der Waals surface area contributed by atoms with Crippen LogP contribution in [0.5, 0.6) is 0 Å². The van der Waals surface area contributed by atoms with Gasteiger partial charge in [0.15, 0.2) is 0 Å². The summed E-state index contributed by atoms with van der Waals surface area (Å²) in [6.07, 6.45) is 0.431. The molecule has 1 unspecified atom stereocenters. The van der Waals surface area contributed by atoms with E-state index in [9.17, 15) is 9.59 Å². The normalized spacial score (nSPS) is 18.3. The highest BCUT2D eigenvalue weighted by Gasteiger charge is 2.30. The Morgan fingerprint density at radius 2 is 1.90 bits per heavy atom. The van der Waals surface area contributed by atoms with Crippen LogP contribution < -0.4 is 15.5 Å². The molecule has 0 spiro atoms. The number of hydrogen-bond donors (Lipinski definition) is 2. The van der Waals surface area contributed by atoms with Crippen LogP contribution in [0.1, 0.15) is 28.4 Å². The van der Waals surface area contributed by atoms with Crippen LogP contribution in [0, 0.1) is 0 Å². The molecule has 1 fully saturated rings. The third kappa shape index (κ3) is 4.83. The van der Waals surface area contributed by atoms with E-state index in [1.165, 1.54) is 0 Å². The molecule has 2 aromatic rings. The predicted octanol–water partition coefficient (Wildman–Crippen LogP) is 3.75. The molecule has 1 atom stereocenters. The Labute approximate surface area is 193 Å². The van der Waals surface area contributed by atoms with Crippen molar-refractivity contribution in [2.45, 2.75) is 12.5 Å². The molecule has 0 saturated carbocycles. The molecule has 0 aliphatic carbocycles. The molecule has 2 amide bonds. The molecule has 9 heteroatoms. The van der Waals surface area contributed by atoms with Gasteiger partial charge in [-0.2, -0.15) is 0 Å². The van der Waals surface area contributed by atoms with Crippen LogP contribution in [0.25, 0.3) is 0 Å². The Kier molecular flexibility index (Phi) is 8.38. The molecule has 2 aromatic carbocycles. The van der Waals surface area contributed by atoms with Gasteiger partial charge in [0.05, 0.1) is 17.4 Å². The highest BCUT2D eigenvalue weighted by atomic mass is 35.5. The third-order valence-corrected chi connectivity index (χ3v) is 5.72. The number of benzene rings is 2. The summed E-state index contributed by atoms with van der Waals surface area (Å²) in [5.74, 6) is -0.0957. The van der Waals surface area contributed by atoms with Crippen molar-refractivity contribution in [2.75, 3.05) is 43.4 Å². The second-order valence-electron chi connectivity index (χ2n) is 7.19. The summed E-state index contributed by atoms with van der Waals surface area (Å²) in [5.41, 5.74) is 3.10. The van der Waals surface area contributed by atoms with Gasteiger partial charge in [-0.25, -0.2) is 0 Å². The van der Waals surface area contributed by atoms with E-state index < -0.39 is 0 Å². The summed E-state index contributed by atoms with van der Waals surface area (Å²) in [6, 6.07) is 13.0. The van der Waals surface area contributed by atoms with Crippen molar-refractivity contribution in [1.82, 2.24) is 10.2 Å². The van der Waals surface area contributed by atoms with Crippen molar-refractivity contribution in [1.29, 1.82) is 0 Å². The topological polar surface area (TPSA) is 64.7 Å². The van der Waals surface area contributed by atoms with Gasteiger partial charge in [-0.15, -0.1) is 24.8 Å². The van der Waals surface area contributed by atoms with E-state index in [1.807, 2.05) is 53.2 Å². The molecule has 30 heavy (non-hydrogen) atoms. The van der Waals surface area contributed by atoms with Gasteiger partial charge in [0.1, 0.15) is 0 Å². The molecule has 0 bridgehead atoms. The quantitative estimate of drug-likeness (QED) is 0.700. The van der Waals surface area contributed by atoms with E-state index in [0.717, 1.165) is 17.8 Å². The van der Waals surface area contributed by atoms with Crippen molar-refractivity contribution in [3.05, 3.63) is 58.6 Å². The molecule has 6 nitrogen and oxygen atoms in total. The maximum absolute atomic E-state index is 13.4. The minimum absolute atomic E-state index is 0. The zero-order valence-corrected chi connectivity index (χ0v) is 18.9. The van der Waals surface area contributed by atoms with E-state index in [1.54, 1.807) is 6.07 Å². The average Bonchev–Trinajstić information content (AvgIpc) is 2.85. The minimum atomic E-state index is -0.133. The first-order valence-electron chi connectivity index (χ1n) is 9.46. The number of hydrogen-bond acceptors (Lipinski definition) is 4. The SMILES string of the molecule is CN1CCC(=O)Nc2cc(C(=O)N3CCNCC3c3ccccc3Cl)ccc21.Cl.Cl. The van der Waals surface area contributed by atoms with Gasteiger partial charge in [-0.05, 0) is 29.8 Å². The predicted molar refractivity (Wildman–Crippen MR) is 126 cm³/mol. The van der Waals surface area contributed by atoms with Crippen LogP contribution in [-0.2, 0) is 4.79 Å². The zero-order valence-electron chi connectivity index (χ0n) is 16.6. The Bertz CT molecular complexity index is 925. The summed E-state index contributed by atoms with van der Waals surface area (Å²) in [4.78, 5) is 29.2. The first kappa shape index (κ1) is 24.3. The third-order valence-electron chi connectivity index (χ3n) is 5.37. The summed E-state index contributed by atoms with van der Waals surface area (Å²) in [6.45, 7) is 2.63. The maximum atomic E-state index is 13.4. The average molecular weight is 472 g/mol.